The molecule has 23 heavy (non-hydrogen) atoms. The molecule has 2 aromatic carbocycles. The first-order chi connectivity index (χ1) is 11.0. The molecular formula is C19H21NO3. The first-order valence-electron chi connectivity index (χ1n) is 7.66. The van der Waals surface area contributed by atoms with Crippen LogP contribution >= 0.6 is 0 Å². The van der Waals surface area contributed by atoms with E-state index in [1.54, 1.807) is 0 Å². The third-order valence-electron chi connectivity index (χ3n) is 3.64. The number of carboxylic acids is 1. The number of benzene rings is 2. The molecule has 0 spiro atoms. The Balaban J connectivity index is 1.89. The molecule has 2 rings (SSSR count). The number of aryl methyl sites for hydroxylation is 2. The van der Waals surface area contributed by atoms with Crippen LogP contribution in [0.1, 0.15) is 23.1 Å². The van der Waals surface area contributed by atoms with Crippen molar-refractivity contribution in [2.75, 3.05) is 0 Å². The Kier molecular flexibility index (Phi) is 5.92. The van der Waals surface area contributed by atoms with Gasteiger partial charge in [-0.25, -0.2) is 4.79 Å². The Hall–Kier alpha value is -2.62. The van der Waals surface area contributed by atoms with E-state index in [0.717, 1.165) is 16.7 Å². The highest BCUT2D eigenvalue weighted by molar-refractivity contribution is 5.83. The summed E-state index contributed by atoms with van der Waals surface area (Å²) in [6.45, 7) is 2.00. The van der Waals surface area contributed by atoms with Crippen molar-refractivity contribution >= 4 is 11.9 Å². The van der Waals surface area contributed by atoms with Crippen LogP contribution in [0.15, 0.2) is 54.6 Å². The molecule has 1 atom stereocenters. The van der Waals surface area contributed by atoms with Crippen molar-refractivity contribution in [3.63, 3.8) is 0 Å². The highest BCUT2D eigenvalue weighted by atomic mass is 16.4. The second-order valence-corrected chi connectivity index (χ2v) is 5.64. The molecule has 4 heteroatoms. The van der Waals surface area contributed by atoms with Crippen LogP contribution < -0.4 is 5.32 Å². The van der Waals surface area contributed by atoms with E-state index >= 15 is 0 Å². The average Bonchev–Trinajstić information content (AvgIpc) is 2.53. The second-order valence-electron chi connectivity index (χ2n) is 5.64. The van der Waals surface area contributed by atoms with Crippen LogP contribution in [0.5, 0.6) is 0 Å². The molecular weight excluding hydrogens is 290 g/mol. The van der Waals surface area contributed by atoms with E-state index in [0.29, 0.717) is 6.42 Å². The Morgan fingerprint density at radius 1 is 1.04 bits per heavy atom. The SMILES string of the molecule is Cc1cccc(CCC(=O)NC(Cc2ccccc2)C(=O)O)c1. The van der Waals surface area contributed by atoms with Crippen LogP contribution in [0.4, 0.5) is 0 Å². The molecule has 4 nitrogen and oxygen atoms in total. The maximum atomic E-state index is 12.0. The lowest BCUT2D eigenvalue weighted by Gasteiger charge is -2.14. The highest BCUT2D eigenvalue weighted by Crippen LogP contribution is 2.08. The van der Waals surface area contributed by atoms with Gasteiger partial charge in [-0.05, 0) is 24.5 Å². The van der Waals surface area contributed by atoms with Crippen molar-refractivity contribution in [2.24, 2.45) is 0 Å². The molecule has 0 heterocycles. The van der Waals surface area contributed by atoms with E-state index in [9.17, 15) is 14.7 Å². The summed E-state index contributed by atoms with van der Waals surface area (Å²) < 4.78 is 0. The molecule has 0 radical (unpaired) electrons. The molecule has 0 aliphatic carbocycles. The van der Waals surface area contributed by atoms with E-state index in [-0.39, 0.29) is 18.7 Å². The number of nitrogens with one attached hydrogen (secondary N) is 1. The predicted molar refractivity (Wildman–Crippen MR) is 89.2 cm³/mol. The van der Waals surface area contributed by atoms with E-state index < -0.39 is 12.0 Å². The van der Waals surface area contributed by atoms with Gasteiger partial charge in [-0.15, -0.1) is 0 Å². The van der Waals surface area contributed by atoms with E-state index in [4.69, 9.17) is 0 Å². The molecule has 2 N–H and O–H groups in total. The van der Waals surface area contributed by atoms with Crippen LogP contribution in [0.25, 0.3) is 0 Å². The summed E-state index contributed by atoms with van der Waals surface area (Å²) in [5.74, 6) is -1.26. The van der Waals surface area contributed by atoms with Crippen LogP contribution in [0.2, 0.25) is 0 Å². The summed E-state index contributed by atoms with van der Waals surface area (Å²) in [7, 11) is 0. The minimum absolute atomic E-state index is 0.241. The summed E-state index contributed by atoms with van der Waals surface area (Å²) in [6.07, 6.45) is 1.17. The monoisotopic (exact) mass is 311 g/mol. The van der Waals surface area contributed by atoms with Crippen molar-refractivity contribution in [1.29, 1.82) is 0 Å². The standard InChI is InChI=1S/C19H21NO3/c1-14-6-5-9-16(12-14)10-11-18(21)20-17(19(22)23)13-15-7-3-2-4-8-15/h2-9,12,17H,10-11,13H2,1H3,(H,20,21)(H,22,23). The van der Waals surface area contributed by atoms with Gasteiger partial charge in [-0.2, -0.15) is 0 Å². The molecule has 1 unspecified atom stereocenters. The Labute approximate surface area is 136 Å². The van der Waals surface area contributed by atoms with Crippen molar-refractivity contribution in [3.05, 3.63) is 71.3 Å². The number of amides is 1. The van der Waals surface area contributed by atoms with E-state index in [2.05, 4.69) is 5.32 Å². The Morgan fingerprint density at radius 2 is 1.74 bits per heavy atom. The fourth-order valence-corrected chi connectivity index (χ4v) is 2.44. The molecule has 0 saturated heterocycles. The van der Waals surface area contributed by atoms with Crippen LogP contribution in [-0.4, -0.2) is 23.0 Å². The third-order valence-corrected chi connectivity index (χ3v) is 3.64. The molecule has 0 aliphatic rings. The van der Waals surface area contributed by atoms with Crippen molar-refractivity contribution in [1.82, 2.24) is 5.32 Å². The maximum Gasteiger partial charge on any atom is 0.326 e. The Bertz CT molecular complexity index is 667. The molecule has 2 aromatic rings. The Morgan fingerprint density at radius 3 is 2.39 bits per heavy atom. The number of carbonyl (C=O) groups is 2. The van der Waals surface area contributed by atoms with Gasteiger partial charge in [0.05, 0.1) is 0 Å². The van der Waals surface area contributed by atoms with Crippen molar-refractivity contribution in [2.45, 2.75) is 32.2 Å². The maximum absolute atomic E-state index is 12.0. The van der Waals surface area contributed by atoms with Gasteiger partial charge in [0.1, 0.15) is 6.04 Å². The van der Waals surface area contributed by atoms with Crippen LogP contribution in [0, 0.1) is 6.92 Å². The molecule has 0 fully saturated rings. The molecule has 120 valence electrons. The molecule has 0 aromatic heterocycles. The zero-order chi connectivity index (χ0) is 16.7. The van der Waals surface area contributed by atoms with Crippen molar-refractivity contribution in [3.8, 4) is 0 Å². The smallest absolute Gasteiger partial charge is 0.326 e. The van der Waals surface area contributed by atoms with Gasteiger partial charge in [-0.1, -0.05) is 60.2 Å². The number of aliphatic carboxylic acids is 1. The minimum atomic E-state index is -1.02. The largest absolute Gasteiger partial charge is 0.480 e. The van der Waals surface area contributed by atoms with Gasteiger partial charge in [0.25, 0.3) is 0 Å². The van der Waals surface area contributed by atoms with Gasteiger partial charge >= 0.3 is 5.97 Å². The lowest BCUT2D eigenvalue weighted by molar-refractivity contribution is -0.141. The normalized spacial score (nSPS) is 11.7. The van der Waals surface area contributed by atoms with E-state index in [1.807, 2.05) is 61.5 Å². The van der Waals surface area contributed by atoms with Gasteiger partial charge in [0.15, 0.2) is 0 Å². The lowest BCUT2D eigenvalue weighted by atomic mass is 10.0. The first kappa shape index (κ1) is 16.7. The van der Waals surface area contributed by atoms with Gasteiger partial charge in [0, 0.05) is 12.8 Å². The number of rotatable bonds is 7. The summed E-state index contributed by atoms with van der Waals surface area (Å²) in [5, 5.41) is 11.9. The summed E-state index contributed by atoms with van der Waals surface area (Å²) in [5.41, 5.74) is 3.12. The zero-order valence-electron chi connectivity index (χ0n) is 13.2. The van der Waals surface area contributed by atoms with Crippen LogP contribution in [-0.2, 0) is 22.4 Å². The van der Waals surface area contributed by atoms with Gasteiger partial charge in [0.2, 0.25) is 5.91 Å². The van der Waals surface area contributed by atoms with Gasteiger partial charge < -0.3 is 10.4 Å². The summed E-state index contributed by atoms with van der Waals surface area (Å²) in [6, 6.07) is 16.4. The topological polar surface area (TPSA) is 66.4 Å². The lowest BCUT2D eigenvalue weighted by Crippen LogP contribution is -2.42. The molecule has 0 aliphatic heterocycles. The molecule has 0 bridgehead atoms. The quantitative estimate of drug-likeness (QED) is 0.826. The number of hydrogen-bond acceptors (Lipinski definition) is 2. The van der Waals surface area contributed by atoms with Crippen molar-refractivity contribution < 1.29 is 14.7 Å². The zero-order valence-corrected chi connectivity index (χ0v) is 13.2. The fourth-order valence-electron chi connectivity index (χ4n) is 2.44. The minimum Gasteiger partial charge on any atom is -0.480 e. The molecule has 1 amide bonds. The number of hydrogen-bond donors (Lipinski definition) is 2. The van der Waals surface area contributed by atoms with Gasteiger partial charge in [-0.3, -0.25) is 4.79 Å². The van der Waals surface area contributed by atoms with E-state index in [1.165, 1.54) is 0 Å². The number of carbonyl (C=O) groups excluding carboxylic acids is 1. The predicted octanol–water partition coefficient (Wildman–Crippen LogP) is 2.74. The highest BCUT2D eigenvalue weighted by Gasteiger charge is 2.20. The average molecular weight is 311 g/mol. The third kappa shape index (κ3) is 5.58. The van der Waals surface area contributed by atoms with Crippen LogP contribution in [0.3, 0.4) is 0 Å². The second kappa shape index (κ2) is 8.13. The molecule has 0 saturated carbocycles. The fraction of sp³-hybridized carbons (Fsp3) is 0.263. The summed E-state index contributed by atoms with van der Waals surface area (Å²) in [4.78, 5) is 23.4. The first-order valence-corrected chi connectivity index (χ1v) is 7.66. The number of carboxylic acid groups (broad SMARTS) is 1. The summed E-state index contributed by atoms with van der Waals surface area (Å²) >= 11 is 0.